The van der Waals surface area contributed by atoms with E-state index in [-0.39, 0.29) is 31.1 Å². The highest BCUT2D eigenvalue weighted by Gasteiger charge is 2.19. The van der Waals surface area contributed by atoms with E-state index in [9.17, 15) is 14.4 Å². The van der Waals surface area contributed by atoms with Gasteiger partial charge in [0, 0.05) is 19.3 Å². The molecule has 0 heterocycles. The fraction of sp³-hybridized carbons (Fsp3) is 0.706. The standard InChI is InChI=1S/C51H86O6/c1-4-7-10-13-16-19-22-25-26-27-30-32-35-38-41-44-50(53)56-47-48(57-51(54)45-42-39-36-33-29-24-21-18-15-12-9-6-3)46-55-49(52)43-40-37-34-31-28-23-20-17-14-11-8-5-2/h7,10,16-21,25-26,30,32,48H,4-6,8-9,11-15,22-24,27-29,31,33-47H2,1-3H3/b10-7-,19-16-,20-17-,21-18-,26-25-,32-30-. The molecule has 0 N–H and O–H groups in total. The molecule has 0 amide bonds. The Morgan fingerprint density at radius 3 is 1.12 bits per heavy atom. The van der Waals surface area contributed by atoms with Gasteiger partial charge in [0.1, 0.15) is 13.2 Å². The molecular weight excluding hydrogens is 709 g/mol. The smallest absolute Gasteiger partial charge is 0.306 e. The van der Waals surface area contributed by atoms with E-state index in [1.165, 1.54) is 70.6 Å². The van der Waals surface area contributed by atoms with Crippen molar-refractivity contribution in [2.45, 2.75) is 219 Å². The highest BCUT2D eigenvalue weighted by atomic mass is 16.6. The first-order valence-corrected chi connectivity index (χ1v) is 23.4. The van der Waals surface area contributed by atoms with Crippen molar-refractivity contribution in [3.63, 3.8) is 0 Å². The minimum atomic E-state index is -0.797. The summed E-state index contributed by atoms with van der Waals surface area (Å²) in [6.45, 7) is 6.40. The number of allylic oxidation sites excluding steroid dienone is 12. The second-order valence-corrected chi connectivity index (χ2v) is 15.3. The van der Waals surface area contributed by atoms with Crippen molar-refractivity contribution in [1.82, 2.24) is 0 Å². The number of esters is 3. The highest BCUT2D eigenvalue weighted by Crippen LogP contribution is 2.12. The van der Waals surface area contributed by atoms with Crippen LogP contribution in [0, 0.1) is 0 Å². The van der Waals surface area contributed by atoms with Crippen LogP contribution in [0.3, 0.4) is 0 Å². The van der Waals surface area contributed by atoms with E-state index in [0.29, 0.717) is 19.3 Å². The first kappa shape index (κ1) is 53.9. The van der Waals surface area contributed by atoms with Crippen LogP contribution in [-0.2, 0) is 28.6 Å². The lowest BCUT2D eigenvalue weighted by Crippen LogP contribution is -2.30. The quantitative estimate of drug-likeness (QED) is 0.0265. The molecule has 0 radical (unpaired) electrons. The molecule has 0 bridgehead atoms. The molecule has 0 aliphatic carbocycles. The van der Waals surface area contributed by atoms with Gasteiger partial charge in [-0.2, -0.15) is 0 Å². The Morgan fingerprint density at radius 1 is 0.368 bits per heavy atom. The van der Waals surface area contributed by atoms with Gasteiger partial charge in [-0.05, 0) is 109 Å². The van der Waals surface area contributed by atoms with Gasteiger partial charge < -0.3 is 14.2 Å². The summed E-state index contributed by atoms with van der Waals surface area (Å²) in [6.07, 6.45) is 56.0. The maximum Gasteiger partial charge on any atom is 0.306 e. The van der Waals surface area contributed by atoms with E-state index in [0.717, 1.165) is 103 Å². The van der Waals surface area contributed by atoms with Crippen LogP contribution in [0.25, 0.3) is 0 Å². The molecule has 326 valence electrons. The summed E-state index contributed by atoms with van der Waals surface area (Å²) < 4.78 is 16.7. The minimum Gasteiger partial charge on any atom is -0.462 e. The molecule has 0 aromatic carbocycles. The van der Waals surface area contributed by atoms with E-state index in [4.69, 9.17) is 14.2 Å². The van der Waals surface area contributed by atoms with Crippen molar-refractivity contribution < 1.29 is 28.6 Å². The van der Waals surface area contributed by atoms with Gasteiger partial charge in [0.05, 0.1) is 0 Å². The zero-order chi connectivity index (χ0) is 41.5. The molecule has 57 heavy (non-hydrogen) atoms. The molecule has 1 atom stereocenters. The lowest BCUT2D eigenvalue weighted by atomic mass is 10.1. The number of rotatable bonds is 41. The molecule has 0 fully saturated rings. The summed E-state index contributed by atoms with van der Waals surface area (Å²) in [6, 6.07) is 0. The van der Waals surface area contributed by atoms with E-state index in [2.05, 4.69) is 93.7 Å². The average molecular weight is 795 g/mol. The van der Waals surface area contributed by atoms with Crippen molar-refractivity contribution in [1.29, 1.82) is 0 Å². The molecule has 0 rings (SSSR count). The molecule has 6 nitrogen and oxygen atoms in total. The Kier molecular flexibility index (Phi) is 43.0. The lowest BCUT2D eigenvalue weighted by Gasteiger charge is -2.18. The van der Waals surface area contributed by atoms with E-state index < -0.39 is 6.10 Å². The Hall–Kier alpha value is -3.15. The van der Waals surface area contributed by atoms with Gasteiger partial charge in [0.15, 0.2) is 6.10 Å². The number of hydrogen-bond donors (Lipinski definition) is 0. The molecule has 1 unspecified atom stereocenters. The summed E-state index contributed by atoms with van der Waals surface area (Å²) in [5.74, 6) is -0.963. The number of unbranched alkanes of at least 4 members (excludes halogenated alkanes) is 18. The van der Waals surface area contributed by atoms with Crippen molar-refractivity contribution in [3.8, 4) is 0 Å². The topological polar surface area (TPSA) is 78.9 Å². The van der Waals surface area contributed by atoms with Gasteiger partial charge in [-0.1, -0.05) is 158 Å². The second kappa shape index (κ2) is 45.6. The SMILES string of the molecule is CC/C=C\C/C=C\C/C=C\C/C=C\CCCCC(=O)OCC(COC(=O)CCCCCCC/C=C\CCCCC)OC(=O)CCCCCCC/C=C\CCCCC. The van der Waals surface area contributed by atoms with Crippen LogP contribution in [0.15, 0.2) is 72.9 Å². The summed E-state index contributed by atoms with van der Waals surface area (Å²) in [4.78, 5) is 37.8. The van der Waals surface area contributed by atoms with Gasteiger partial charge in [-0.25, -0.2) is 0 Å². The predicted molar refractivity (Wildman–Crippen MR) is 242 cm³/mol. The maximum atomic E-state index is 12.7. The summed E-state index contributed by atoms with van der Waals surface area (Å²) in [7, 11) is 0. The zero-order valence-electron chi connectivity index (χ0n) is 37.1. The molecule has 0 spiro atoms. The van der Waals surface area contributed by atoms with Crippen LogP contribution >= 0.6 is 0 Å². The first-order valence-electron chi connectivity index (χ1n) is 23.4. The molecule has 6 heteroatoms. The molecule has 0 aromatic rings. The van der Waals surface area contributed by atoms with E-state index in [1.54, 1.807) is 0 Å². The van der Waals surface area contributed by atoms with E-state index in [1.807, 2.05) is 0 Å². The highest BCUT2D eigenvalue weighted by molar-refractivity contribution is 5.71. The van der Waals surface area contributed by atoms with Gasteiger partial charge in [0.25, 0.3) is 0 Å². The third kappa shape index (κ3) is 43.8. The van der Waals surface area contributed by atoms with Crippen LogP contribution in [0.4, 0.5) is 0 Å². The number of hydrogen-bond acceptors (Lipinski definition) is 6. The second-order valence-electron chi connectivity index (χ2n) is 15.3. The third-order valence-electron chi connectivity index (χ3n) is 9.66. The number of carbonyl (C=O) groups is 3. The van der Waals surface area contributed by atoms with Crippen LogP contribution in [0.1, 0.15) is 213 Å². The Balaban J connectivity index is 4.48. The summed E-state index contributed by atoms with van der Waals surface area (Å²) in [5, 5.41) is 0. The lowest BCUT2D eigenvalue weighted by molar-refractivity contribution is -0.167. The number of ether oxygens (including phenoxy) is 3. The molecule has 0 aliphatic heterocycles. The van der Waals surface area contributed by atoms with Crippen LogP contribution in [-0.4, -0.2) is 37.2 Å². The van der Waals surface area contributed by atoms with Crippen LogP contribution in [0.2, 0.25) is 0 Å². The first-order chi connectivity index (χ1) is 28.0. The fourth-order valence-electron chi connectivity index (χ4n) is 6.13. The largest absolute Gasteiger partial charge is 0.462 e. The van der Waals surface area contributed by atoms with Crippen molar-refractivity contribution in [2.24, 2.45) is 0 Å². The van der Waals surface area contributed by atoms with Gasteiger partial charge in [0.2, 0.25) is 0 Å². The molecule has 0 aliphatic rings. The monoisotopic (exact) mass is 795 g/mol. The van der Waals surface area contributed by atoms with Gasteiger partial charge >= 0.3 is 17.9 Å². The van der Waals surface area contributed by atoms with Gasteiger partial charge in [-0.15, -0.1) is 0 Å². The normalized spacial score (nSPS) is 12.7. The number of carbonyl (C=O) groups excluding carboxylic acids is 3. The van der Waals surface area contributed by atoms with Crippen molar-refractivity contribution >= 4 is 17.9 Å². The van der Waals surface area contributed by atoms with Crippen molar-refractivity contribution in [2.75, 3.05) is 13.2 Å². The average Bonchev–Trinajstić information content (AvgIpc) is 3.21. The maximum absolute atomic E-state index is 12.7. The Bertz CT molecular complexity index is 1100. The van der Waals surface area contributed by atoms with Gasteiger partial charge in [-0.3, -0.25) is 14.4 Å². The van der Waals surface area contributed by atoms with Crippen molar-refractivity contribution in [3.05, 3.63) is 72.9 Å². The molecule has 0 saturated heterocycles. The van der Waals surface area contributed by atoms with Crippen LogP contribution < -0.4 is 0 Å². The summed E-state index contributed by atoms with van der Waals surface area (Å²) in [5.41, 5.74) is 0. The fourth-order valence-corrected chi connectivity index (χ4v) is 6.13. The zero-order valence-corrected chi connectivity index (χ0v) is 37.1. The van der Waals surface area contributed by atoms with E-state index >= 15 is 0 Å². The summed E-state index contributed by atoms with van der Waals surface area (Å²) >= 11 is 0. The predicted octanol–water partition coefficient (Wildman–Crippen LogP) is 15.1. The van der Waals surface area contributed by atoms with Crippen LogP contribution in [0.5, 0.6) is 0 Å². The molecule has 0 aromatic heterocycles. The molecule has 0 saturated carbocycles. The Labute approximate surface area is 351 Å². The third-order valence-corrected chi connectivity index (χ3v) is 9.66. The minimum absolute atomic E-state index is 0.0970. The molecular formula is C51H86O6. The Morgan fingerprint density at radius 2 is 0.684 bits per heavy atom.